The van der Waals surface area contributed by atoms with Crippen molar-refractivity contribution < 1.29 is 0 Å². The van der Waals surface area contributed by atoms with Gasteiger partial charge in [-0.2, -0.15) is 0 Å². The summed E-state index contributed by atoms with van der Waals surface area (Å²) in [7, 11) is 0. The van der Waals surface area contributed by atoms with Gasteiger partial charge < -0.3 is 9.88 Å². The van der Waals surface area contributed by atoms with E-state index in [2.05, 4.69) is 14.8 Å². The largest absolute Gasteiger partial charge is 0.327 e. The second kappa shape index (κ2) is 4.31. The molecule has 2 atom stereocenters. The molecule has 3 fully saturated rings. The predicted molar refractivity (Wildman–Crippen MR) is 77.9 cm³/mol. The summed E-state index contributed by atoms with van der Waals surface area (Å²) in [6, 6.07) is 1.53. The molecule has 0 spiro atoms. The lowest BCUT2D eigenvalue weighted by molar-refractivity contribution is 0.285. The summed E-state index contributed by atoms with van der Waals surface area (Å²) in [5, 5.41) is 3.49. The first-order valence-corrected chi connectivity index (χ1v) is 8.46. The lowest BCUT2D eigenvalue weighted by Gasteiger charge is -2.26. The van der Waals surface area contributed by atoms with Crippen molar-refractivity contribution in [2.75, 3.05) is 19.6 Å². The third kappa shape index (κ3) is 1.64. The van der Waals surface area contributed by atoms with Crippen LogP contribution in [0.5, 0.6) is 0 Å². The Kier molecular flexibility index (Phi) is 2.53. The van der Waals surface area contributed by atoms with Crippen LogP contribution in [0.1, 0.15) is 61.3 Å². The second-order valence-corrected chi connectivity index (χ2v) is 7.04. The lowest BCUT2D eigenvalue weighted by Crippen LogP contribution is -2.31. The molecule has 0 bridgehead atoms. The fourth-order valence-electron chi connectivity index (χ4n) is 4.71. The summed E-state index contributed by atoms with van der Waals surface area (Å²) >= 11 is 0. The Morgan fingerprint density at radius 3 is 2.90 bits per heavy atom. The van der Waals surface area contributed by atoms with Gasteiger partial charge in [0.2, 0.25) is 0 Å². The van der Waals surface area contributed by atoms with Gasteiger partial charge in [-0.15, -0.1) is 0 Å². The SMILES string of the molecule is C1CC2C(n3c(C4CC4)nc4c3CCNC4)CCN2C1. The minimum Gasteiger partial charge on any atom is -0.327 e. The van der Waals surface area contributed by atoms with Gasteiger partial charge in [0.1, 0.15) is 5.82 Å². The van der Waals surface area contributed by atoms with Gasteiger partial charge >= 0.3 is 0 Å². The van der Waals surface area contributed by atoms with Crippen LogP contribution in [0.15, 0.2) is 0 Å². The van der Waals surface area contributed by atoms with E-state index in [0.29, 0.717) is 0 Å². The minimum atomic E-state index is 0.724. The summed E-state index contributed by atoms with van der Waals surface area (Å²) in [5.41, 5.74) is 2.93. The minimum absolute atomic E-state index is 0.724. The molecule has 0 aromatic carbocycles. The molecule has 0 radical (unpaired) electrons. The van der Waals surface area contributed by atoms with Crippen LogP contribution in [-0.4, -0.2) is 40.1 Å². The topological polar surface area (TPSA) is 33.1 Å². The Bertz CT molecular complexity index is 531. The molecular weight excluding hydrogens is 248 g/mol. The fourth-order valence-corrected chi connectivity index (χ4v) is 4.71. The van der Waals surface area contributed by atoms with E-state index >= 15 is 0 Å². The standard InChI is InChI=1S/C16H24N4/c1-2-14-15(6-9-19(14)8-1)20-13-5-7-17-10-12(13)18-16(20)11-3-4-11/h11,14-15,17H,1-10H2. The van der Waals surface area contributed by atoms with Crippen LogP contribution in [0.2, 0.25) is 0 Å². The molecule has 4 nitrogen and oxygen atoms in total. The number of nitrogens with one attached hydrogen (secondary N) is 1. The first-order valence-electron chi connectivity index (χ1n) is 8.46. The third-order valence-electron chi connectivity index (χ3n) is 5.80. The summed E-state index contributed by atoms with van der Waals surface area (Å²) in [6.07, 6.45) is 8.06. The molecule has 1 aromatic rings. The van der Waals surface area contributed by atoms with Crippen molar-refractivity contribution >= 4 is 0 Å². The van der Waals surface area contributed by atoms with Crippen LogP contribution in [0, 0.1) is 0 Å². The zero-order chi connectivity index (χ0) is 13.1. The maximum Gasteiger partial charge on any atom is 0.112 e. The van der Waals surface area contributed by atoms with Crippen molar-refractivity contribution in [3.63, 3.8) is 0 Å². The zero-order valence-corrected chi connectivity index (χ0v) is 12.1. The molecule has 2 saturated heterocycles. The van der Waals surface area contributed by atoms with Gasteiger partial charge in [-0.25, -0.2) is 4.98 Å². The number of imidazole rings is 1. The van der Waals surface area contributed by atoms with Crippen molar-refractivity contribution in [2.45, 2.75) is 63.1 Å². The number of rotatable bonds is 2. The molecule has 108 valence electrons. The first-order chi connectivity index (χ1) is 9.92. The number of hydrogen-bond acceptors (Lipinski definition) is 3. The van der Waals surface area contributed by atoms with Crippen LogP contribution in [0.4, 0.5) is 0 Å². The van der Waals surface area contributed by atoms with E-state index in [1.807, 2.05) is 0 Å². The maximum atomic E-state index is 5.05. The molecule has 0 amide bonds. The highest BCUT2D eigenvalue weighted by atomic mass is 15.3. The molecule has 1 aromatic heterocycles. The Morgan fingerprint density at radius 1 is 1.05 bits per heavy atom. The van der Waals surface area contributed by atoms with Crippen molar-refractivity contribution in [1.82, 2.24) is 19.8 Å². The number of aromatic nitrogens is 2. The van der Waals surface area contributed by atoms with Gasteiger partial charge in [0.25, 0.3) is 0 Å². The van der Waals surface area contributed by atoms with Gasteiger partial charge in [-0.3, -0.25) is 4.90 Å². The molecule has 20 heavy (non-hydrogen) atoms. The van der Waals surface area contributed by atoms with E-state index in [1.165, 1.54) is 63.1 Å². The lowest BCUT2D eigenvalue weighted by atomic mass is 10.0. The second-order valence-electron chi connectivity index (χ2n) is 7.04. The van der Waals surface area contributed by atoms with Crippen LogP contribution in [-0.2, 0) is 13.0 Å². The molecule has 4 aliphatic rings. The van der Waals surface area contributed by atoms with Crippen molar-refractivity contribution in [3.05, 3.63) is 17.2 Å². The molecule has 4 heteroatoms. The molecule has 4 heterocycles. The number of hydrogen-bond donors (Lipinski definition) is 1. The van der Waals surface area contributed by atoms with Gasteiger partial charge in [-0.1, -0.05) is 0 Å². The monoisotopic (exact) mass is 272 g/mol. The Morgan fingerprint density at radius 2 is 2.00 bits per heavy atom. The van der Waals surface area contributed by atoms with Gasteiger partial charge in [0.05, 0.1) is 11.7 Å². The molecule has 1 aliphatic carbocycles. The van der Waals surface area contributed by atoms with Crippen molar-refractivity contribution in [3.8, 4) is 0 Å². The van der Waals surface area contributed by atoms with Gasteiger partial charge in [0.15, 0.2) is 0 Å². The Hall–Kier alpha value is -0.870. The Labute approximate surface area is 120 Å². The quantitative estimate of drug-likeness (QED) is 0.891. The van der Waals surface area contributed by atoms with E-state index in [-0.39, 0.29) is 0 Å². The molecular formula is C16H24N4. The van der Waals surface area contributed by atoms with Gasteiger partial charge in [0, 0.05) is 43.7 Å². The number of fused-ring (bicyclic) bond motifs is 2. The van der Waals surface area contributed by atoms with E-state index < -0.39 is 0 Å². The van der Waals surface area contributed by atoms with E-state index in [0.717, 1.165) is 31.1 Å². The maximum absolute atomic E-state index is 5.05. The fraction of sp³-hybridized carbons (Fsp3) is 0.812. The highest BCUT2D eigenvalue weighted by molar-refractivity contribution is 5.26. The molecule has 3 aliphatic heterocycles. The summed E-state index contributed by atoms with van der Waals surface area (Å²) < 4.78 is 2.73. The van der Waals surface area contributed by atoms with E-state index in [4.69, 9.17) is 4.98 Å². The van der Waals surface area contributed by atoms with E-state index in [9.17, 15) is 0 Å². The van der Waals surface area contributed by atoms with Crippen molar-refractivity contribution in [2.24, 2.45) is 0 Å². The van der Waals surface area contributed by atoms with Crippen molar-refractivity contribution in [1.29, 1.82) is 0 Å². The molecule has 2 unspecified atom stereocenters. The predicted octanol–water partition coefficient (Wildman–Crippen LogP) is 1.82. The average Bonchev–Trinajstić information content (AvgIpc) is 2.93. The third-order valence-corrected chi connectivity index (χ3v) is 5.80. The summed E-state index contributed by atoms with van der Waals surface area (Å²) in [5.74, 6) is 2.22. The van der Waals surface area contributed by atoms with Crippen LogP contribution < -0.4 is 5.32 Å². The smallest absolute Gasteiger partial charge is 0.112 e. The Balaban J connectivity index is 1.59. The molecule has 5 rings (SSSR count). The normalized spacial score (nSPS) is 33.4. The highest BCUT2D eigenvalue weighted by Gasteiger charge is 2.42. The van der Waals surface area contributed by atoms with Crippen LogP contribution >= 0.6 is 0 Å². The van der Waals surface area contributed by atoms with Crippen LogP contribution in [0.25, 0.3) is 0 Å². The van der Waals surface area contributed by atoms with Crippen LogP contribution in [0.3, 0.4) is 0 Å². The summed E-state index contributed by atoms with van der Waals surface area (Å²) in [4.78, 5) is 7.78. The molecule has 1 saturated carbocycles. The van der Waals surface area contributed by atoms with E-state index in [1.54, 1.807) is 5.69 Å². The number of nitrogens with zero attached hydrogens (tertiary/aromatic N) is 3. The molecule has 1 N–H and O–H groups in total. The van der Waals surface area contributed by atoms with Gasteiger partial charge in [-0.05, 0) is 38.6 Å². The summed E-state index contributed by atoms with van der Waals surface area (Å²) in [6.45, 7) is 4.76. The highest BCUT2D eigenvalue weighted by Crippen LogP contribution is 2.45. The zero-order valence-electron chi connectivity index (χ0n) is 12.1. The average molecular weight is 272 g/mol. The first kappa shape index (κ1) is 11.8.